The van der Waals surface area contributed by atoms with Crippen molar-refractivity contribution in [1.82, 2.24) is 5.32 Å². The summed E-state index contributed by atoms with van der Waals surface area (Å²) in [6, 6.07) is 6.80. The van der Waals surface area contributed by atoms with E-state index in [1.165, 1.54) is 4.31 Å². The number of anilines is 1. The lowest BCUT2D eigenvalue weighted by molar-refractivity contribution is -0.128. The minimum atomic E-state index is -3.49. The van der Waals surface area contributed by atoms with Crippen LogP contribution in [-0.2, 0) is 19.6 Å². The number of fused-ring (bicyclic) bond motifs is 1. The summed E-state index contributed by atoms with van der Waals surface area (Å²) < 4.78 is 36.4. The van der Waals surface area contributed by atoms with E-state index in [1.54, 1.807) is 24.3 Å². The summed E-state index contributed by atoms with van der Waals surface area (Å²) in [6.45, 7) is 1.10. The van der Waals surface area contributed by atoms with E-state index < -0.39 is 16.1 Å². The van der Waals surface area contributed by atoms with Gasteiger partial charge in [0.25, 0.3) is 5.91 Å². The van der Waals surface area contributed by atoms with E-state index in [-0.39, 0.29) is 18.6 Å². The summed E-state index contributed by atoms with van der Waals surface area (Å²) in [4.78, 5) is 12.3. The van der Waals surface area contributed by atoms with Gasteiger partial charge in [0.1, 0.15) is 5.75 Å². The summed E-state index contributed by atoms with van der Waals surface area (Å²) in [7, 11) is -3.49. The van der Waals surface area contributed by atoms with Crippen molar-refractivity contribution < 1.29 is 22.7 Å². The normalized spacial score (nSPS) is 24.0. The van der Waals surface area contributed by atoms with Gasteiger partial charge in [0.2, 0.25) is 10.0 Å². The molecule has 1 fully saturated rings. The number of carbonyl (C=O) groups is 1. The van der Waals surface area contributed by atoms with Crippen molar-refractivity contribution in [3.8, 4) is 5.75 Å². The zero-order valence-electron chi connectivity index (χ0n) is 12.9. The van der Waals surface area contributed by atoms with Crippen LogP contribution in [0.5, 0.6) is 5.75 Å². The van der Waals surface area contributed by atoms with Gasteiger partial charge in [-0.15, -0.1) is 0 Å². The van der Waals surface area contributed by atoms with E-state index in [2.05, 4.69) is 5.32 Å². The number of nitrogens with one attached hydrogen (secondary N) is 1. The molecule has 1 saturated heterocycles. The number of hydrogen-bond donors (Lipinski definition) is 1. The lowest BCUT2D eigenvalue weighted by Gasteiger charge is -2.34. The van der Waals surface area contributed by atoms with Crippen LogP contribution in [-0.4, -0.2) is 52.5 Å². The third-order valence-electron chi connectivity index (χ3n) is 3.96. The molecule has 7 nitrogen and oxygen atoms in total. The van der Waals surface area contributed by atoms with Gasteiger partial charge in [-0.2, -0.15) is 0 Å². The molecule has 2 aliphatic rings. The number of para-hydroxylation sites is 2. The number of hydrogen-bond acceptors (Lipinski definition) is 5. The van der Waals surface area contributed by atoms with E-state index >= 15 is 0 Å². The number of nitrogens with zero attached hydrogens (tertiary/aromatic N) is 1. The average Bonchev–Trinajstić information content (AvgIpc) is 3.04. The van der Waals surface area contributed by atoms with E-state index in [1.807, 2.05) is 0 Å². The highest BCUT2D eigenvalue weighted by Crippen LogP contribution is 2.34. The number of carbonyl (C=O) groups excluding carboxylic acids is 1. The van der Waals surface area contributed by atoms with Crippen LogP contribution in [0.25, 0.3) is 0 Å². The van der Waals surface area contributed by atoms with E-state index in [9.17, 15) is 13.2 Å². The minimum absolute atomic E-state index is 0.0286. The molecular formula is C15H20N2O5S. The van der Waals surface area contributed by atoms with Gasteiger partial charge in [0.15, 0.2) is 6.10 Å². The molecule has 1 aromatic rings. The molecule has 1 amide bonds. The van der Waals surface area contributed by atoms with Crippen LogP contribution in [0.2, 0.25) is 0 Å². The third-order valence-corrected chi connectivity index (χ3v) is 5.10. The Balaban J connectivity index is 1.73. The summed E-state index contributed by atoms with van der Waals surface area (Å²) >= 11 is 0. The topological polar surface area (TPSA) is 84.9 Å². The molecule has 0 saturated carbocycles. The Kier molecular flexibility index (Phi) is 4.45. The molecule has 0 radical (unpaired) electrons. The first-order valence-corrected chi connectivity index (χ1v) is 9.42. The Morgan fingerprint density at radius 2 is 2.17 bits per heavy atom. The van der Waals surface area contributed by atoms with Crippen molar-refractivity contribution >= 4 is 21.6 Å². The SMILES string of the molecule is CS(=O)(=O)N1C[C@H](C(=O)NC[C@@H]2CCCO2)Oc2ccccc21. The maximum absolute atomic E-state index is 12.3. The standard InChI is InChI=1S/C15H20N2O5S/c1-23(19,20)17-10-14(22-13-7-3-2-6-12(13)17)15(18)16-9-11-5-4-8-21-11/h2-3,6-7,11,14H,4-5,8-10H2,1H3,(H,16,18)/t11-,14+/m0/s1. The minimum Gasteiger partial charge on any atom is -0.476 e. The largest absolute Gasteiger partial charge is 0.476 e. The molecule has 0 aliphatic carbocycles. The Labute approximate surface area is 135 Å². The Bertz CT molecular complexity index is 685. The molecule has 1 aromatic carbocycles. The highest BCUT2D eigenvalue weighted by Gasteiger charge is 2.35. The second-order valence-electron chi connectivity index (χ2n) is 5.75. The summed E-state index contributed by atoms with van der Waals surface area (Å²) in [5, 5.41) is 2.79. The fraction of sp³-hybridized carbons (Fsp3) is 0.533. The molecular weight excluding hydrogens is 320 g/mol. The lowest BCUT2D eigenvalue weighted by atomic mass is 10.2. The van der Waals surface area contributed by atoms with E-state index in [0.717, 1.165) is 25.7 Å². The van der Waals surface area contributed by atoms with Crippen LogP contribution >= 0.6 is 0 Å². The van der Waals surface area contributed by atoms with Crippen molar-refractivity contribution in [2.75, 3.05) is 30.3 Å². The maximum atomic E-state index is 12.3. The maximum Gasteiger partial charge on any atom is 0.263 e. The van der Waals surface area contributed by atoms with Gasteiger partial charge >= 0.3 is 0 Å². The van der Waals surface area contributed by atoms with Crippen LogP contribution in [0.3, 0.4) is 0 Å². The number of rotatable bonds is 4. The molecule has 23 heavy (non-hydrogen) atoms. The molecule has 0 spiro atoms. The zero-order valence-corrected chi connectivity index (χ0v) is 13.7. The molecule has 1 N–H and O–H groups in total. The van der Waals surface area contributed by atoms with Crippen LogP contribution in [0.15, 0.2) is 24.3 Å². The monoisotopic (exact) mass is 340 g/mol. The second-order valence-corrected chi connectivity index (χ2v) is 7.66. The van der Waals surface area contributed by atoms with Crippen molar-refractivity contribution in [3.63, 3.8) is 0 Å². The Hall–Kier alpha value is -1.80. The van der Waals surface area contributed by atoms with E-state index in [0.29, 0.717) is 18.0 Å². The molecule has 0 aromatic heterocycles. The molecule has 0 unspecified atom stereocenters. The predicted molar refractivity (Wildman–Crippen MR) is 85.0 cm³/mol. The first-order chi connectivity index (χ1) is 10.9. The zero-order chi connectivity index (χ0) is 16.4. The fourth-order valence-corrected chi connectivity index (χ4v) is 3.70. The van der Waals surface area contributed by atoms with Crippen LogP contribution < -0.4 is 14.4 Å². The van der Waals surface area contributed by atoms with Crippen LogP contribution in [0.4, 0.5) is 5.69 Å². The van der Waals surface area contributed by atoms with E-state index in [4.69, 9.17) is 9.47 Å². The van der Waals surface area contributed by atoms with Crippen LogP contribution in [0.1, 0.15) is 12.8 Å². The number of sulfonamides is 1. The van der Waals surface area contributed by atoms with Crippen molar-refractivity contribution in [1.29, 1.82) is 0 Å². The number of ether oxygens (including phenoxy) is 2. The Morgan fingerprint density at radius 1 is 1.39 bits per heavy atom. The second kappa shape index (κ2) is 6.37. The van der Waals surface area contributed by atoms with Gasteiger partial charge in [-0.3, -0.25) is 9.10 Å². The highest BCUT2D eigenvalue weighted by molar-refractivity contribution is 7.92. The number of amides is 1. The van der Waals surface area contributed by atoms with Crippen molar-refractivity contribution in [2.45, 2.75) is 25.0 Å². The quantitative estimate of drug-likeness (QED) is 0.863. The third kappa shape index (κ3) is 3.59. The highest BCUT2D eigenvalue weighted by atomic mass is 32.2. The molecule has 2 aliphatic heterocycles. The molecule has 3 rings (SSSR count). The summed E-state index contributed by atoms with van der Waals surface area (Å²) in [6.07, 6.45) is 2.19. The lowest BCUT2D eigenvalue weighted by Crippen LogP contribution is -2.51. The average molecular weight is 340 g/mol. The van der Waals surface area contributed by atoms with Crippen molar-refractivity contribution in [3.05, 3.63) is 24.3 Å². The summed E-state index contributed by atoms with van der Waals surface area (Å²) in [5.74, 6) is 0.0603. The molecule has 126 valence electrons. The first-order valence-electron chi connectivity index (χ1n) is 7.58. The van der Waals surface area contributed by atoms with Gasteiger partial charge in [-0.25, -0.2) is 8.42 Å². The molecule has 2 heterocycles. The fourth-order valence-electron chi connectivity index (χ4n) is 2.79. The number of benzene rings is 1. The van der Waals surface area contributed by atoms with Gasteiger partial charge in [0.05, 0.1) is 24.6 Å². The Morgan fingerprint density at radius 3 is 2.87 bits per heavy atom. The summed E-state index contributed by atoms with van der Waals surface area (Å²) in [5.41, 5.74) is 0.457. The van der Waals surface area contributed by atoms with Gasteiger partial charge in [0, 0.05) is 13.2 Å². The first kappa shape index (κ1) is 16.1. The van der Waals surface area contributed by atoms with Crippen LogP contribution in [0, 0.1) is 0 Å². The predicted octanol–water partition coefficient (Wildman–Crippen LogP) is 0.509. The molecule has 2 atom stereocenters. The van der Waals surface area contributed by atoms with Gasteiger partial charge in [-0.05, 0) is 25.0 Å². The van der Waals surface area contributed by atoms with Crippen molar-refractivity contribution in [2.24, 2.45) is 0 Å². The van der Waals surface area contributed by atoms with Gasteiger partial charge < -0.3 is 14.8 Å². The smallest absolute Gasteiger partial charge is 0.263 e. The molecule has 0 bridgehead atoms. The molecule has 8 heteroatoms. The van der Waals surface area contributed by atoms with Gasteiger partial charge in [-0.1, -0.05) is 12.1 Å².